The first kappa shape index (κ1) is 17.3. The van der Waals surface area contributed by atoms with Crippen LogP contribution in [0.4, 0.5) is 0 Å². The van der Waals surface area contributed by atoms with E-state index in [2.05, 4.69) is 15.3 Å². The monoisotopic (exact) mass is 347 g/mol. The number of piperazine rings is 1. The van der Waals surface area contributed by atoms with E-state index < -0.39 is 17.9 Å². The summed E-state index contributed by atoms with van der Waals surface area (Å²) in [7, 11) is 0. The molecule has 0 spiro atoms. The van der Waals surface area contributed by atoms with Crippen LogP contribution in [0.15, 0.2) is 12.4 Å². The molecule has 2 aliphatic heterocycles. The van der Waals surface area contributed by atoms with Crippen LogP contribution in [0, 0.1) is 0 Å². The highest BCUT2D eigenvalue weighted by Crippen LogP contribution is 2.15. The van der Waals surface area contributed by atoms with Gasteiger partial charge in [0.05, 0.1) is 0 Å². The molecule has 9 heteroatoms. The average Bonchev–Trinajstić information content (AvgIpc) is 2.67. The fraction of sp³-hybridized carbons (Fsp3) is 0.562. The molecule has 1 atom stereocenters. The van der Waals surface area contributed by atoms with Gasteiger partial charge in [0.1, 0.15) is 6.04 Å². The Hall–Kier alpha value is -2.55. The molecule has 3 heterocycles. The van der Waals surface area contributed by atoms with Crippen molar-refractivity contribution in [3.8, 4) is 0 Å². The number of likely N-dealkylation sites (tertiary alicyclic amines) is 1. The number of aromatic nitrogens is 2. The van der Waals surface area contributed by atoms with E-state index in [9.17, 15) is 14.4 Å². The van der Waals surface area contributed by atoms with Crippen molar-refractivity contribution in [2.75, 3.05) is 32.7 Å². The minimum absolute atomic E-state index is 0.0101. The summed E-state index contributed by atoms with van der Waals surface area (Å²) in [5.74, 6) is -1.76. The van der Waals surface area contributed by atoms with Gasteiger partial charge in [0.15, 0.2) is 11.4 Å². The van der Waals surface area contributed by atoms with Gasteiger partial charge in [-0.25, -0.2) is 9.97 Å². The molecule has 2 N–H and O–H groups in total. The van der Waals surface area contributed by atoms with Gasteiger partial charge in [-0.2, -0.15) is 0 Å². The Kier molecular flexibility index (Phi) is 5.22. The summed E-state index contributed by atoms with van der Waals surface area (Å²) in [5.41, 5.74) is 0.0314. The van der Waals surface area contributed by atoms with Crippen molar-refractivity contribution in [3.63, 3.8) is 0 Å². The van der Waals surface area contributed by atoms with Gasteiger partial charge in [0.25, 0.3) is 11.8 Å². The normalized spacial score (nSPS) is 21.0. The Morgan fingerprint density at radius 3 is 2.16 bits per heavy atom. The predicted octanol–water partition coefficient (Wildman–Crippen LogP) is -0.399. The Bertz CT molecular complexity index is 674. The lowest BCUT2D eigenvalue weighted by molar-refractivity contribution is -0.140. The second kappa shape index (κ2) is 7.56. The molecule has 9 nitrogen and oxygen atoms in total. The van der Waals surface area contributed by atoms with E-state index >= 15 is 0 Å². The van der Waals surface area contributed by atoms with Crippen molar-refractivity contribution in [3.05, 3.63) is 23.8 Å². The Labute approximate surface area is 145 Å². The van der Waals surface area contributed by atoms with E-state index in [1.54, 1.807) is 4.90 Å². The molecule has 0 aliphatic carbocycles. The van der Waals surface area contributed by atoms with Crippen LogP contribution in [0.2, 0.25) is 0 Å². The van der Waals surface area contributed by atoms with E-state index in [1.807, 2.05) is 0 Å². The van der Waals surface area contributed by atoms with Crippen molar-refractivity contribution in [2.24, 2.45) is 0 Å². The number of carbonyl (C=O) groups excluding carboxylic acids is 2. The number of aliphatic carboxylic acids is 1. The summed E-state index contributed by atoms with van der Waals surface area (Å²) in [5, 5.41) is 12.0. The zero-order valence-electron chi connectivity index (χ0n) is 13.8. The minimum atomic E-state index is -1.01. The average molecular weight is 347 g/mol. The van der Waals surface area contributed by atoms with E-state index in [4.69, 9.17) is 5.11 Å². The zero-order chi connectivity index (χ0) is 17.8. The van der Waals surface area contributed by atoms with Gasteiger partial charge in [-0.3, -0.25) is 14.4 Å². The lowest BCUT2D eigenvalue weighted by atomic mass is 10.1. The third-order valence-electron chi connectivity index (χ3n) is 4.51. The van der Waals surface area contributed by atoms with Gasteiger partial charge >= 0.3 is 5.97 Å². The second-order valence-corrected chi connectivity index (χ2v) is 6.20. The molecule has 3 rings (SSSR count). The van der Waals surface area contributed by atoms with Gasteiger partial charge in [-0.15, -0.1) is 0 Å². The fourth-order valence-corrected chi connectivity index (χ4v) is 3.15. The summed E-state index contributed by atoms with van der Waals surface area (Å²) in [6.07, 6.45) is 5.73. The Morgan fingerprint density at radius 2 is 1.56 bits per heavy atom. The van der Waals surface area contributed by atoms with Gasteiger partial charge in [0, 0.05) is 45.1 Å². The summed E-state index contributed by atoms with van der Waals surface area (Å²) >= 11 is 0. The van der Waals surface area contributed by atoms with Crippen LogP contribution in [-0.4, -0.2) is 81.4 Å². The molecule has 2 fully saturated rings. The number of hydrogen-bond donors (Lipinski definition) is 2. The number of carboxylic acids is 1. The maximum absolute atomic E-state index is 12.8. The van der Waals surface area contributed by atoms with Crippen molar-refractivity contribution in [1.82, 2.24) is 25.1 Å². The predicted molar refractivity (Wildman–Crippen MR) is 87.1 cm³/mol. The van der Waals surface area contributed by atoms with Gasteiger partial charge in [0.2, 0.25) is 0 Å². The van der Waals surface area contributed by atoms with E-state index in [-0.39, 0.29) is 23.8 Å². The van der Waals surface area contributed by atoms with Crippen LogP contribution < -0.4 is 5.32 Å². The maximum atomic E-state index is 12.8. The smallest absolute Gasteiger partial charge is 0.322 e. The third kappa shape index (κ3) is 3.76. The molecule has 1 aromatic rings. The number of rotatable bonds is 3. The van der Waals surface area contributed by atoms with Crippen LogP contribution in [0.3, 0.4) is 0 Å². The zero-order valence-corrected chi connectivity index (χ0v) is 13.8. The highest BCUT2D eigenvalue weighted by atomic mass is 16.4. The first-order valence-corrected chi connectivity index (χ1v) is 8.43. The molecular formula is C16H21N5O4. The van der Waals surface area contributed by atoms with Crippen molar-refractivity contribution in [1.29, 1.82) is 0 Å². The van der Waals surface area contributed by atoms with Crippen LogP contribution in [0.25, 0.3) is 0 Å². The molecule has 2 amide bonds. The molecule has 0 aromatic carbocycles. The molecule has 0 radical (unpaired) electrons. The number of carboxylic acid groups (broad SMARTS) is 1. The van der Waals surface area contributed by atoms with Gasteiger partial charge in [-0.1, -0.05) is 0 Å². The van der Waals surface area contributed by atoms with E-state index in [1.165, 1.54) is 17.3 Å². The van der Waals surface area contributed by atoms with E-state index in [0.717, 1.165) is 19.3 Å². The fourth-order valence-electron chi connectivity index (χ4n) is 3.15. The number of nitrogens with zero attached hydrogens (tertiary/aromatic N) is 4. The standard InChI is InChI=1S/C16H21N5O4/c22-14(20-7-2-1-3-8-20)12-13(19-5-4-18-12)15(23)21-9-6-17-11(10-21)16(24)25/h4-5,11,17H,1-3,6-10H2,(H,24,25). The highest BCUT2D eigenvalue weighted by Gasteiger charge is 2.32. The number of amides is 2. The SMILES string of the molecule is O=C(O)C1CN(C(=O)c2nccnc2C(=O)N2CCCCC2)CCN1. The number of hydrogen-bond acceptors (Lipinski definition) is 6. The summed E-state index contributed by atoms with van der Waals surface area (Å²) in [4.78, 5) is 48.0. The van der Waals surface area contributed by atoms with Crippen molar-refractivity contribution < 1.29 is 19.5 Å². The molecule has 1 aromatic heterocycles. The first-order valence-electron chi connectivity index (χ1n) is 8.43. The van der Waals surface area contributed by atoms with Crippen LogP contribution in [-0.2, 0) is 4.79 Å². The summed E-state index contributed by atoms with van der Waals surface area (Å²) < 4.78 is 0. The minimum Gasteiger partial charge on any atom is -0.480 e. The lowest BCUT2D eigenvalue weighted by Gasteiger charge is -2.32. The summed E-state index contributed by atoms with van der Waals surface area (Å²) in [6, 6.07) is -0.824. The van der Waals surface area contributed by atoms with Crippen LogP contribution in [0.1, 0.15) is 40.2 Å². The highest BCUT2D eigenvalue weighted by molar-refractivity contribution is 6.04. The Balaban J connectivity index is 1.81. The number of nitrogens with one attached hydrogen (secondary N) is 1. The number of carbonyl (C=O) groups is 3. The van der Waals surface area contributed by atoms with Gasteiger partial charge in [-0.05, 0) is 19.3 Å². The lowest BCUT2D eigenvalue weighted by Crippen LogP contribution is -2.56. The molecule has 134 valence electrons. The molecule has 1 unspecified atom stereocenters. The molecule has 0 saturated carbocycles. The molecular weight excluding hydrogens is 326 g/mol. The summed E-state index contributed by atoms with van der Waals surface area (Å²) in [6.45, 7) is 2.06. The van der Waals surface area contributed by atoms with Crippen molar-refractivity contribution >= 4 is 17.8 Å². The molecule has 2 saturated heterocycles. The van der Waals surface area contributed by atoms with E-state index in [0.29, 0.717) is 26.2 Å². The quantitative estimate of drug-likeness (QED) is 0.764. The van der Waals surface area contributed by atoms with Crippen LogP contribution in [0.5, 0.6) is 0 Å². The largest absolute Gasteiger partial charge is 0.480 e. The third-order valence-corrected chi connectivity index (χ3v) is 4.51. The van der Waals surface area contributed by atoms with Gasteiger partial charge < -0.3 is 20.2 Å². The second-order valence-electron chi connectivity index (χ2n) is 6.20. The molecule has 0 bridgehead atoms. The molecule has 2 aliphatic rings. The Morgan fingerprint density at radius 1 is 0.960 bits per heavy atom. The molecule has 25 heavy (non-hydrogen) atoms. The number of piperidine rings is 1. The maximum Gasteiger partial charge on any atom is 0.322 e. The van der Waals surface area contributed by atoms with Crippen LogP contribution >= 0.6 is 0 Å². The first-order chi connectivity index (χ1) is 12.1. The van der Waals surface area contributed by atoms with Crippen molar-refractivity contribution in [2.45, 2.75) is 25.3 Å². The topological polar surface area (TPSA) is 116 Å².